The first-order chi connectivity index (χ1) is 4.97. The first kappa shape index (κ1) is 24.4. The molecule has 0 amide bonds. The second-order valence-electron chi connectivity index (χ2n) is 1.30. The van der Waals surface area contributed by atoms with E-state index in [1.54, 1.807) is 6.92 Å². The van der Waals surface area contributed by atoms with E-state index in [4.69, 9.17) is 5.11 Å². The standard InChI is InChI=1S/C3H6O4S.C2H6O.K.Po.2H/c1-2-3-7-8(4,5)6;1-2-3;;;;/h2H,1,3H2,(H,4,5,6);3H,2H2,1H3;;;;/q;;+1;;;/p-1. The minimum atomic E-state index is -4.51. The van der Waals surface area contributed by atoms with Crippen molar-refractivity contribution in [2.75, 3.05) is 13.2 Å². The summed E-state index contributed by atoms with van der Waals surface area (Å²) in [5.74, 6) is 0. The van der Waals surface area contributed by atoms with Gasteiger partial charge < -0.3 is 9.66 Å². The Labute approximate surface area is 141 Å². The van der Waals surface area contributed by atoms with Crippen LogP contribution in [0.5, 0.6) is 0 Å². The van der Waals surface area contributed by atoms with Crippen LogP contribution in [0.1, 0.15) is 6.92 Å². The van der Waals surface area contributed by atoms with Crippen molar-refractivity contribution in [3.63, 3.8) is 0 Å². The summed E-state index contributed by atoms with van der Waals surface area (Å²) in [6.07, 6.45) is 1.18. The van der Waals surface area contributed by atoms with Crippen LogP contribution in [-0.4, -0.2) is 57.9 Å². The van der Waals surface area contributed by atoms with Gasteiger partial charge in [-0.2, -0.15) is 0 Å². The summed E-state index contributed by atoms with van der Waals surface area (Å²) >= 11 is 0. The van der Waals surface area contributed by atoms with Crippen molar-refractivity contribution in [2.45, 2.75) is 6.92 Å². The van der Waals surface area contributed by atoms with Crippen LogP contribution >= 0.6 is 0 Å². The average Bonchev–Trinajstić information content (AvgIpc) is 1.84. The Balaban J connectivity index is -0.0000000720. The molecule has 8 heteroatoms. The summed E-state index contributed by atoms with van der Waals surface area (Å²) in [7, 11) is -4.51. The molecule has 0 radical (unpaired) electrons. The normalized spacial score (nSPS) is 8.23. The summed E-state index contributed by atoms with van der Waals surface area (Å²) in [6.45, 7) is 4.81. The number of rotatable bonds is 3. The van der Waals surface area contributed by atoms with E-state index in [2.05, 4.69) is 10.8 Å². The molecule has 5 nitrogen and oxygen atoms in total. The molecule has 0 rings (SSSR count). The first-order valence-corrected chi connectivity index (χ1v) is 4.13. The van der Waals surface area contributed by atoms with Crippen molar-refractivity contribution < 1.29 is 73.6 Å². The monoisotopic (exact) mass is 433 g/mol. The van der Waals surface area contributed by atoms with Crippen molar-refractivity contribution in [1.29, 1.82) is 0 Å². The zero-order valence-electron chi connectivity index (χ0n) is 7.69. The molecule has 0 saturated heterocycles. The molecule has 0 aromatic heterocycles. The van der Waals surface area contributed by atoms with E-state index < -0.39 is 10.4 Å². The van der Waals surface area contributed by atoms with Gasteiger partial charge in [-0.15, -0.1) is 6.58 Å². The van der Waals surface area contributed by atoms with Gasteiger partial charge in [0.2, 0.25) is 10.4 Å². The van der Waals surface area contributed by atoms with Gasteiger partial charge >= 0.3 is 78.0 Å². The Morgan fingerprint density at radius 3 is 2.00 bits per heavy atom. The van der Waals surface area contributed by atoms with Crippen molar-refractivity contribution in [3.05, 3.63) is 12.7 Å². The van der Waals surface area contributed by atoms with E-state index >= 15 is 0 Å². The van der Waals surface area contributed by atoms with Gasteiger partial charge in [0, 0.05) is 6.61 Å². The Bertz CT molecular complexity index is 181. The van der Waals surface area contributed by atoms with E-state index in [-0.39, 0.29) is 91.2 Å². The molecule has 0 fully saturated rings. The van der Waals surface area contributed by atoms with Crippen molar-refractivity contribution >= 4 is 37.0 Å². The van der Waals surface area contributed by atoms with E-state index in [0.29, 0.717) is 0 Å². The van der Waals surface area contributed by atoms with Crippen LogP contribution in [0, 0.1) is 0 Å². The molecule has 0 unspecified atom stereocenters. The zero-order chi connectivity index (χ0) is 9.33. The summed E-state index contributed by atoms with van der Waals surface area (Å²) in [4.78, 5) is 0. The van der Waals surface area contributed by atoms with Crippen LogP contribution in [0.3, 0.4) is 0 Å². The zero-order valence-corrected chi connectivity index (χ0v) is 15.5. The van der Waals surface area contributed by atoms with Gasteiger partial charge in [-0.3, -0.25) is 4.18 Å². The van der Waals surface area contributed by atoms with Gasteiger partial charge in [0.15, 0.2) is 0 Å². The fraction of sp³-hybridized carbons (Fsp3) is 0.600. The Morgan fingerprint density at radius 1 is 1.62 bits per heavy atom. The number of hydrogen-bond donors (Lipinski definition) is 1. The van der Waals surface area contributed by atoms with E-state index in [9.17, 15) is 13.0 Å². The number of aliphatic hydroxyl groups is 1. The Morgan fingerprint density at radius 2 is 1.92 bits per heavy atom. The maximum absolute atomic E-state index is 9.56. The maximum atomic E-state index is 9.56. The molecule has 0 aliphatic rings. The van der Waals surface area contributed by atoms with Gasteiger partial charge in [-0.25, -0.2) is 8.42 Å². The summed E-state index contributed by atoms with van der Waals surface area (Å²) < 4.78 is 32.4. The van der Waals surface area contributed by atoms with Crippen LogP contribution < -0.4 is 51.4 Å². The molecule has 0 saturated carbocycles. The third-order valence-electron chi connectivity index (χ3n) is 0.330. The molecule has 0 bridgehead atoms. The third-order valence-corrected chi connectivity index (χ3v) is 0.755. The molecular formula is C5H13KO5PoS. The average molecular weight is 433 g/mol. The number of hydrogen-bond acceptors (Lipinski definition) is 5. The molecule has 0 aliphatic heterocycles. The SMILES string of the molecule is C=CCOS(=O)(=O)[O-].CCO.[K+].[PoH2]. The van der Waals surface area contributed by atoms with E-state index in [0.717, 1.165) is 0 Å². The van der Waals surface area contributed by atoms with Crippen LogP contribution in [-0.2, 0) is 14.6 Å². The quantitative estimate of drug-likeness (QED) is 0.211. The second kappa shape index (κ2) is 16.5. The van der Waals surface area contributed by atoms with Crippen molar-refractivity contribution in [3.8, 4) is 0 Å². The molecule has 0 aliphatic carbocycles. The topological polar surface area (TPSA) is 86.7 Å². The van der Waals surface area contributed by atoms with E-state index in [1.165, 1.54) is 6.08 Å². The van der Waals surface area contributed by atoms with Gasteiger partial charge in [-0.05, 0) is 6.92 Å². The van der Waals surface area contributed by atoms with E-state index in [1.807, 2.05) is 0 Å². The molecule has 0 heterocycles. The predicted molar refractivity (Wildman–Crippen MR) is 47.2 cm³/mol. The summed E-state index contributed by atoms with van der Waals surface area (Å²) in [6, 6.07) is 0. The van der Waals surface area contributed by atoms with Crippen molar-refractivity contribution in [1.82, 2.24) is 0 Å². The molecule has 13 heavy (non-hydrogen) atoms. The van der Waals surface area contributed by atoms with Crippen LogP contribution in [0.15, 0.2) is 12.7 Å². The fourth-order valence-electron chi connectivity index (χ4n) is 0.131. The molecule has 0 aromatic carbocycles. The van der Waals surface area contributed by atoms with Gasteiger partial charge in [0.05, 0.1) is 6.61 Å². The minimum absolute atomic E-state index is 0. The van der Waals surface area contributed by atoms with Gasteiger partial charge in [0.25, 0.3) is 0 Å². The van der Waals surface area contributed by atoms with Crippen LogP contribution in [0.25, 0.3) is 0 Å². The third kappa shape index (κ3) is 40.9. The van der Waals surface area contributed by atoms with Gasteiger partial charge in [0.1, 0.15) is 0 Å². The Kier molecular flexibility index (Phi) is 31.0. The fourth-order valence-corrected chi connectivity index (χ4v) is 0.394. The first-order valence-electron chi connectivity index (χ1n) is 2.80. The Hall–Kier alpha value is 2.10. The predicted octanol–water partition coefficient (Wildman–Crippen LogP) is -4.26. The summed E-state index contributed by atoms with van der Waals surface area (Å²) in [5.41, 5.74) is 0. The summed E-state index contributed by atoms with van der Waals surface area (Å²) in [5, 5.41) is 7.57. The molecule has 0 atom stereocenters. The molecule has 1 N–H and O–H groups in total. The molecular weight excluding hydrogens is 420 g/mol. The van der Waals surface area contributed by atoms with Crippen LogP contribution in [0.4, 0.5) is 0 Å². The van der Waals surface area contributed by atoms with Crippen molar-refractivity contribution in [2.24, 2.45) is 0 Å². The number of aliphatic hydroxyl groups excluding tert-OH is 1. The van der Waals surface area contributed by atoms with Gasteiger partial charge in [-0.1, -0.05) is 6.08 Å². The molecule has 0 aromatic rings. The molecule has 0 spiro atoms. The second-order valence-corrected chi connectivity index (χ2v) is 2.35. The molecule has 76 valence electrons. The van der Waals surface area contributed by atoms with Crippen LogP contribution in [0.2, 0.25) is 0 Å².